The van der Waals surface area contributed by atoms with Gasteiger partial charge in [-0.25, -0.2) is 8.78 Å². The summed E-state index contributed by atoms with van der Waals surface area (Å²) >= 11 is 1.17. The van der Waals surface area contributed by atoms with E-state index in [1.54, 1.807) is 28.8 Å². The molecule has 0 atom stereocenters. The number of carbonyl (C=O) groups is 1. The predicted molar refractivity (Wildman–Crippen MR) is 200 cm³/mol. The van der Waals surface area contributed by atoms with Crippen LogP contribution in [-0.4, -0.2) is 46.0 Å². The molecule has 5 nitrogen and oxygen atoms in total. The molecule has 1 amide bonds. The molecule has 11 heteroatoms. The van der Waals surface area contributed by atoms with Gasteiger partial charge < -0.3 is 9.47 Å². The van der Waals surface area contributed by atoms with Crippen LogP contribution in [0.5, 0.6) is 0 Å². The van der Waals surface area contributed by atoms with Crippen LogP contribution in [0.2, 0.25) is 0 Å². The molecule has 0 N–H and O–H groups in total. The van der Waals surface area contributed by atoms with Crippen LogP contribution in [-0.2, 0) is 29.8 Å². The zero-order valence-electron chi connectivity index (χ0n) is 29.5. The van der Waals surface area contributed by atoms with E-state index in [-0.39, 0.29) is 35.2 Å². The molecule has 53 heavy (non-hydrogen) atoms. The van der Waals surface area contributed by atoms with Gasteiger partial charge in [-0.2, -0.15) is 13.2 Å². The minimum Gasteiger partial charge on any atom is -0.334 e. The van der Waals surface area contributed by atoms with Crippen LogP contribution < -0.4 is 5.43 Å². The molecular weight excluding hydrogens is 706 g/mol. The van der Waals surface area contributed by atoms with E-state index in [4.69, 9.17) is 0 Å². The summed E-state index contributed by atoms with van der Waals surface area (Å²) in [4.78, 5) is 32.0. The summed E-state index contributed by atoms with van der Waals surface area (Å²) in [7, 11) is 0. The van der Waals surface area contributed by atoms with Crippen LogP contribution in [0, 0.1) is 11.6 Å². The van der Waals surface area contributed by atoms with E-state index in [1.165, 1.54) is 47.7 Å². The number of hydrogen-bond donors (Lipinski definition) is 0. The van der Waals surface area contributed by atoms with Gasteiger partial charge in [-0.1, -0.05) is 72.3 Å². The van der Waals surface area contributed by atoms with Crippen molar-refractivity contribution in [3.63, 3.8) is 0 Å². The number of aromatic nitrogens is 1. The van der Waals surface area contributed by atoms with Gasteiger partial charge in [0.25, 0.3) is 0 Å². The van der Waals surface area contributed by atoms with E-state index in [1.807, 2.05) is 29.2 Å². The highest BCUT2D eigenvalue weighted by atomic mass is 32.2. The zero-order valence-corrected chi connectivity index (χ0v) is 30.3. The number of amides is 1. The maximum Gasteiger partial charge on any atom is 0.416 e. The van der Waals surface area contributed by atoms with E-state index in [9.17, 15) is 31.5 Å². The van der Waals surface area contributed by atoms with E-state index >= 15 is 0 Å². The summed E-state index contributed by atoms with van der Waals surface area (Å²) < 4.78 is 69.7. The molecule has 2 heterocycles. The summed E-state index contributed by atoms with van der Waals surface area (Å²) in [6.45, 7) is 6.81. The first kappa shape index (κ1) is 38.0. The molecule has 1 aromatic heterocycles. The van der Waals surface area contributed by atoms with Crippen molar-refractivity contribution in [2.75, 3.05) is 19.6 Å². The van der Waals surface area contributed by atoms with Crippen LogP contribution in [0.15, 0.2) is 119 Å². The van der Waals surface area contributed by atoms with Crippen LogP contribution in [0.3, 0.4) is 0 Å². The Balaban J connectivity index is 1.29. The van der Waals surface area contributed by atoms with Crippen molar-refractivity contribution in [2.45, 2.75) is 62.8 Å². The van der Waals surface area contributed by atoms with Gasteiger partial charge in [-0.3, -0.25) is 14.5 Å². The Morgan fingerprint density at radius 1 is 0.887 bits per heavy atom. The quantitative estimate of drug-likeness (QED) is 0.0768. The Kier molecular flexibility index (Phi) is 11.8. The third-order valence-electron chi connectivity index (χ3n) is 9.61. The molecule has 0 radical (unpaired) electrons. The van der Waals surface area contributed by atoms with Gasteiger partial charge in [0.15, 0.2) is 17.1 Å². The maximum absolute atomic E-state index is 14.6. The Labute approximate surface area is 309 Å². The fourth-order valence-electron chi connectivity index (χ4n) is 6.62. The smallest absolute Gasteiger partial charge is 0.334 e. The molecule has 5 aromatic rings. The molecule has 0 saturated carbocycles. The number of thioether (sulfide) groups is 1. The van der Waals surface area contributed by atoms with Crippen molar-refractivity contribution in [1.82, 2.24) is 14.4 Å². The molecule has 0 aliphatic carbocycles. The first-order valence-electron chi connectivity index (χ1n) is 17.5. The fraction of sp³-hybridized carbons (Fsp3) is 0.286. The Morgan fingerprint density at radius 2 is 1.55 bits per heavy atom. The van der Waals surface area contributed by atoms with Gasteiger partial charge in [0.1, 0.15) is 6.54 Å². The second-order valence-corrected chi connectivity index (χ2v) is 14.6. The third-order valence-corrected chi connectivity index (χ3v) is 10.7. The summed E-state index contributed by atoms with van der Waals surface area (Å²) in [5.41, 5.74) is 3.27. The average molecular weight is 746 g/mol. The van der Waals surface area contributed by atoms with Crippen molar-refractivity contribution in [3.05, 3.63) is 147 Å². The number of carbonyl (C=O) groups excluding carboxylic acids is 1. The highest BCUT2D eigenvalue weighted by Crippen LogP contribution is 2.32. The number of halogens is 5. The molecule has 1 aliphatic heterocycles. The van der Waals surface area contributed by atoms with Gasteiger partial charge in [0, 0.05) is 55.0 Å². The number of pyridine rings is 1. The van der Waals surface area contributed by atoms with Crippen LogP contribution in [0.4, 0.5) is 22.0 Å². The molecular formula is C42H40F5N3O2S. The van der Waals surface area contributed by atoms with Crippen LogP contribution in [0.25, 0.3) is 22.0 Å². The summed E-state index contributed by atoms with van der Waals surface area (Å²) in [5.74, 6) is -2.01. The predicted octanol–water partition coefficient (Wildman–Crippen LogP) is 9.72. The first-order valence-corrected chi connectivity index (χ1v) is 18.5. The van der Waals surface area contributed by atoms with Gasteiger partial charge in [0.2, 0.25) is 5.91 Å². The van der Waals surface area contributed by atoms with Crippen LogP contribution >= 0.6 is 11.8 Å². The van der Waals surface area contributed by atoms with Gasteiger partial charge in [-0.15, -0.1) is 11.8 Å². The number of hydrogen-bond acceptors (Lipinski definition) is 4. The lowest BCUT2D eigenvalue weighted by Gasteiger charge is -2.39. The van der Waals surface area contributed by atoms with Crippen molar-refractivity contribution in [1.29, 1.82) is 0 Å². The Hall–Kier alpha value is -4.74. The molecule has 0 unspecified atom stereocenters. The lowest BCUT2D eigenvalue weighted by molar-refractivity contribution is -0.137. The molecule has 1 aliphatic rings. The van der Waals surface area contributed by atoms with Crippen molar-refractivity contribution in [3.8, 4) is 11.1 Å². The summed E-state index contributed by atoms with van der Waals surface area (Å²) in [6, 6.07) is 24.9. The van der Waals surface area contributed by atoms with Gasteiger partial charge in [0.05, 0.1) is 16.1 Å². The fourth-order valence-corrected chi connectivity index (χ4v) is 7.66. The largest absolute Gasteiger partial charge is 0.416 e. The maximum atomic E-state index is 14.6. The second-order valence-electron chi connectivity index (χ2n) is 13.6. The number of alkyl halides is 3. The number of allylic oxidation sites excluding steroid dienone is 1. The summed E-state index contributed by atoms with van der Waals surface area (Å²) in [5, 5.41) is 0.905. The third kappa shape index (κ3) is 9.26. The van der Waals surface area contributed by atoms with Gasteiger partial charge >= 0.3 is 6.18 Å². The number of benzene rings is 4. The second kappa shape index (κ2) is 16.5. The molecule has 6 rings (SSSR count). The lowest BCUT2D eigenvalue weighted by atomic mass is 10.00. The number of fused-ring (bicyclic) bond motifs is 1. The van der Waals surface area contributed by atoms with E-state index in [0.717, 1.165) is 61.8 Å². The molecule has 276 valence electrons. The van der Waals surface area contributed by atoms with E-state index in [2.05, 4.69) is 24.8 Å². The van der Waals surface area contributed by atoms with Crippen molar-refractivity contribution >= 4 is 28.6 Å². The summed E-state index contributed by atoms with van der Waals surface area (Å²) in [6.07, 6.45) is -0.701. The van der Waals surface area contributed by atoms with Gasteiger partial charge in [-0.05, 0) is 73.7 Å². The van der Waals surface area contributed by atoms with Crippen molar-refractivity contribution < 1.29 is 26.7 Å². The minimum absolute atomic E-state index is 0.0503. The molecule has 1 fully saturated rings. The zero-order chi connectivity index (χ0) is 37.7. The number of rotatable bonds is 11. The Bertz CT molecular complexity index is 2150. The number of likely N-dealkylation sites (tertiary alicyclic amines) is 1. The van der Waals surface area contributed by atoms with E-state index in [0.29, 0.717) is 28.0 Å². The van der Waals surface area contributed by atoms with Crippen molar-refractivity contribution in [2.24, 2.45) is 0 Å². The minimum atomic E-state index is -4.42. The lowest BCUT2D eigenvalue weighted by Crippen LogP contribution is -2.48. The monoisotopic (exact) mass is 745 g/mol. The standard InChI is InChI=1S/C42H40F5N3O2S/c1-28(2)18-21-48-22-19-34(20-23-48)49(25-29-10-12-30(13-11-29)31-14-16-33(17-15-31)42(45,46)47)39(52)26-50-37-9-4-3-7-35(37)38(51)24-40(50)53-27-32-6-5-8-36(43)41(32)44/h3-18,24,34H,19-23,25-27H2,1-2H3. The molecule has 0 bridgehead atoms. The SMILES string of the molecule is CC(C)=CCN1CCC(N(Cc2ccc(-c3ccc(C(F)(F)F)cc3)cc2)C(=O)Cn2c(SCc3cccc(F)c3F)cc(=O)c3ccccc32)CC1. The molecule has 0 spiro atoms. The Morgan fingerprint density at radius 3 is 2.21 bits per heavy atom. The first-order chi connectivity index (χ1) is 25.4. The van der Waals surface area contributed by atoms with E-state index < -0.39 is 23.4 Å². The van der Waals surface area contributed by atoms with Crippen LogP contribution in [0.1, 0.15) is 43.4 Å². The topological polar surface area (TPSA) is 45.5 Å². The number of para-hydroxylation sites is 1. The normalized spacial score (nSPS) is 14.0. The number of nitrogens with zero attached hydrogens (tertiary/aromatic N) is 3. The molecule has 1 saturated heterocycles. The highest BCUT2D eigenvalue weighted by Gasteiger charge is 2.31. The highest BCUT2D eigenvalue weighted by molar-refractivity contribution is 7.98. The average Bonchev–Trinajstić information content (AvgIpc) is 3.15. The molecule has 4 aromatic carbocycles. The number of piperidine rings is 1.